The highest BCUT2D eigenvalue weighted by atomic mass is 32.2. The second-order valence-corrected chi connectivity index (χ2v) is 10.6. The number of nitrogens with one attached hydrogen (secondary N) is 1. The lowest BCUT2D eigenvalue weighted by Crippen LogP contribution is -2.35. The number of fused-ring (bicyclic) bond motifs is 1. The molecule has 0 atom stereocenters. The van der Waals surface area contributed by atoms with Crippen LogP contribution in [0.3, 0.4) is 0 Å². The summed E-state index contributed by atoms with van der Waals surface area (Å²) in [6.07, 6.45) is 1.64. The smallest absolute Gasteiger partial charge is 0.283 e. The first-order valence-corrected chi connectivity index (χ1v) is 13.6. The molecule has 2 aromatic carbocycles. The fourth-order valence-electron chi connectivity index (χ4n) is 3.96. The van der Waals surface area contributed by atoms with E-state index < -0.39 is 5.91 Å². The van der Waals surface area contributed by atoms with Crippen molar-refractivity contribution in [1.29, 1.82) is 5.41 Å². The normalized spacial score (nSPS) is 16.2. The summed E-state index contributed by atoms with van der Waals surface area (Å²) in [5.41, 5.74) is 3.19. The summed E-state index contributed by atoms with van der Waals surface area (Å²) in [5, 5.41) is 15.7. The third-order valence-corrected chi connectivity index (χ3v) is 7.14. The van der Waals surface area contributed by atoms with Gasteiger partial charge in [0.1, 0.15) is 24.0 Å². The molecule has 2 aromatic rings. The van der Waals surface area contributed by atoms with Crippen LogP contribution in [0.4, 0.5) is 0 Å². The second-order valence-electron chi connectivity index (χ2n) is 9.65. The second kappa shape index (κ2) is 11.9. The zero-order chi connectivity index (χ0) is 27.4. The standard InChI is InChI=1S/C29H34N4O4S/c1-7-35-25-16-20(15-22-26(30)33-29(31-27(22)34)38-28(32-33)18(4)5)9-11-23(25)36-12-13-37-24-14-19(6)8-10-21(24)17(2)3/h8-11,14-18,30H,7,12-13H2,1-6H3/b22-15-,30-26?. The number of benzene rings is 2. The van der Waals surface area contributed by atoms with Gasteiger partial charge >= 0.3 is 0 Å². The van der Waals surface area contributed by atoms with Crippen LogP contribution in [-0.2, 0) is 4.79 Å². The molecule has 0 unspecified atom stereocenters. The van der Waals surface area contributed by atoms with Gasteiger partial charge in [-0.3, -0.25) is 10.2 Å². The third-order valence-electron chi connectivity index (χ3n) is 5.93. The van der Waals surface area contributed by atoms with E-state index in [-0.39, 0.29) is 17.3 Å². The van der Waals surface area contributed by atoms with Gasteiger partial charge in [0.15, 0.2) is 17.3 Å². The Balaban J connectivity index is 1.47. The number of carbonyl (C=O) groups is 1. The minimum atomic E-state index is -0.457. The van der Waals surface area contributed by atoms with Crippen molar-refractivity contribution in [3.8, 4) is 17.2 Å². The van der Waals surface area contributed by atoms with Crippen LogP contribution >= 0.6 is 11.8 Å². The van der Waals surface area contributed by atoms with Crippen molar-refractivity contribution in [3.05, 3.63) is 58.7 Å². The predicted molar refractivity (Wildman–Crippen MR) is 154 cm³/mol. The Bertz CT molecular complexity index is 1330. The van der Waals surface area contributed by atoms with Crippen LogP contribution in [0.25, 0.3) is 6.08 Å². The van der Waals surface area contributed by atoms with Crippen LogP contribution in [0.2, 0.25) is 0 Å². The Morgan fingerprint density at radius 2 is 1.71 bits per heavy atom. The highest BCUT2D eigenvalue weighted by Crippen LogP contribution is 2.33. The van der Waals surface area contributed by atoms with E-state index in [0.717, 1.165) is 16.4 Å². The lowest BCUT2D eigenvalue weighted by Gasteiger charge is -2.20. The molecule has 2 aliphatic heterocycles. The molecule has 0 bridgehead atoms. The van der Waals surface area contributed by atoms with Gasteiger partial charge in [0, 0.05) is 5.92 Å². The van der Waals surface area contributed by atoms with Crippen LogP contribution in [0.15, 0.2) is 52.1 Å². The summed E-state index contributed by atoms with van der Waals surface area (Å²) >= 11 is 1.33. The Labute approximate surface area is 228 Å². The molecule has 0 fully saturated rings. The monoisotopic (exact) mass is 534 g/mol. The molecule has 200 valence electrons. The lowest BCUT2D eigenvalue weighted by molar-refractivity contribution is -0.114. The van der Waals surface area contributed by atoms with Gasteiger partial charge in [-0.2, -0.15) is 15.1 Å². The molecule has 0 saturated heterocycles. The number of amidine groups is 2. The first-order valence-electron chi connectivity index (χ1n) is 12.8. The summed E-state index contributed by atoms with van der Waals surface area (Å²) in [6.45, 7) is 13.5. The van der Waals surface area contributed by atoms with E-state index in [1.165, 1.54) is 22.3 Å². The van der Waals surface area contributed by atoms with Crippen molar-refractivity contribution in [2.45, 2.75) is 47.5 Å². The minimum Gasteiger partial charge on any atom is -0.490 e. The zero-order valence-corrected chi connectivity index (χ0v) is 23.5. The zero-order valence-electron chi connectivity index (χ0n) is 22.7. The Morgan fingerprint density at radius 1 is 0.974 bits per heavy atom. The van der Waals surface area contributed by atoms with Gasteiger partial charge < -0.3 is 14.2 Å². The summed E-state index contributed by atoms with van der Waals surface area (Å²) in [5.74, 6) is 2.11. The molecule has 0 radical (unpaired) electrons. The maximum absolute atomic E-state index is 12.7. The number of ether oxygens (including phenoxy) is 3. The van der Waals surface area contributed by atoms with E-state index in [1.807, 2.05) is 33.8 Å². The number of thioether (sulfide) groups is 1. The Morgan fingerprint density at radius 3 is 2.39 bits per heavy atom. The quantitative estimate of drug-likeness (QED) is 0.286. The van der Waals surface area contributed by atoms with Gasteiger partial charge in [-0.25, -0.2) is 0 Å². The van der Waals surface area contributed by atoms with Crippen LogP contribution in [0.1, 0.15) is 57.2 Å². The molecule has 9 heteroatoms. The van der Waals surface area contributed by atoms with Gasteiger partial charge in [-0.15, -0.1) is 0 Å². The number of rotatable bonds is 10. The predicted octanol–water partition coefficient (Wildman–Crippen LogP) is 6.25. The van der Waals surface area contributed by atoms with Gasteiger partial charge in [0.05, 0.1) is 12.2 Å². The van der Waals surface area contributed by atoms with Crippen molar-refractivity contribution in [3.63, 3.8) is 0 Å². The van der Waals surface area contributed by atoms with Gasteiger partial charge in [0.2, 0.25) is 5.17 Å². The summed E-state index contributed by atoms with van der Waals surface area (Å²) < 4.78 is 17.8. The molecule has 0 aliphatic carbocycles. The SMILES string of the molecule is CCOc1cc(/C=C2/C(=N)N3N=C(C(C)C)SC3=NC2=O)ccc1OCCOc1cc(C)ccc1C(C)C. The van der Waals surface area contributed by atoms with Crippen LogP contribution < -0.4 is 14.2 Å². The molecule has 1 amide bonds. The number of hydrogen-bond donors (Lipinski definition) is 1. The number of carbonyl (C=O) groups excluding carboxylic acids is 1. The fourth-order valence-corrected chi connectivity index (χ4v) is 4.85. The lowest BCUT2D eigenvalue weighted by atomic mass is 10.0. The fraction of sp³-hybridized carbons (Fsp3) is 0.379. The van der Waals surface area contributed by atoms with Crippen molar-refractivity contribution >= 4 is 39.8 Å². The molecular weight excluding hydrogens is 500 g/mol. The largest absolute Gasteiger partial charge is 0.490 e. The molecule has 2 aliphatic rings. The third kappa shape index (κ3) is 6.10. The van der Waals surface area contributed by atoms with Crippen LogP contribution in [0, 0.1) is 18.3 Å². The first-order chi connectivity index (χ1) is 18.2. The average molecular weight is 535 g/mol. The van der Waals surface area contributed by atoms with Crippen LogP contribution in [-0.4, -0.2) is 46.8 Å². The van der Waals surface area contributed by atoms with E-state index >= 15 is 0 Å². The highest BCUT2D eigenvalue weighted by molar-refractivity contribution is 8.27. The molecule has 2 heterocycles. The molecule has 1 N–H and O–H groups in total. The van der Waals surface area contributed by atoms with Gasteiger partial charge in [-0.1, -0.05) is 45.9 Å². The average Bonchev–Trinajstić information content (AvgIpc) is 3.30. The molecule has 0 spiro atoms. The maximum Gasteiger partial charge on any atom is 0.283 e. The first kappa shape index (κ1) is 27.4. The summed E-state index contributed by atoms with van der Waals surface area (Å²) in [6, 6.07) is 11.7. The number of nitrogens with zero attached hydrogens (tertiary/aromatic N) is 3. The molecule has 0 saturated carbocycles. The summed E-state index contributed by atoms with van der Waals surface area (Å²) in [7, 11) is 0. The highest BCUT2D eigenvalue weighted by Gasteiger charge is 2.36. The maximum atomic E-state index is 12.7. The van der Waals surface area contributed by atoms with E-state index in [0.29, 0.717) is 48.0 Å². The number of aliphatic imine (C=N–C) groups is 1. The molecule has 38 heavy (non-hydrogen) atoms. The number of hydrazone groups is 1. The summed E-state index contributed by atoms with van der Waals surface area (Å²) in [4.78, 5) is 16.9. The number of amides is 1. The van der Waals surface area contributed by atoms with E-state index in [4.69, 9.17) is 19.6 Å². The number of aryl methyl sites for hydroxylation is 1. The molecule has 0 aromatic heterocycles. The Hall–Kier alpha value is -3.59. The minimum absolute atomic E-state index is 0.00972. The van der Waals surface area contributed by atoms with E-state index in [2.05, 4.69) is 42.1 Å². The molecular formula is C29H34N4O4S. The van der Waals surface area contributed by atoms with Gasteiger partial charge in [0.25, 0.3) is 5.91 Å². The van der Waals surface area contributed by atoms with Crippen molar-refractivity contribution in [1.82, 2.24) is 5.01 Å². The van der Waals surface area contributed by atoms with Gasteiger partial charge in [-0.05, 0) is 72.5 Å². The van der Waals surface area contributed by atoms with Crippen LogP contribution in [0.5, 0.6) is 17.2 Å². The van der Waals surface area contributed by atoms with Crippen molar-refractivity contribution in [2.24, 2.45) is 16.0 Å². The molecule has 4 rings (SSSR count). The molecule has 8 nitrogen and oxygen atoms in total. The van der Waals surface area contributed by atoms with Crippen molar-refractivity contribution in [2.75, 3.05) is 19.8 Å². The topological polar surface area (TPSA) is 96.6 Å². The van der Waals surface area contributed by atoms with E-state index in [1.54, 1.807) is 18.2 Å². The van der Waals surface area contributed by atoms with Crippen molar-refractivity contribution < 1.29 is 19.0 Å². The number of hydrogen-bond acceptors (Lipinski definition) is 7. The van der Waals surface area contributed by atoms with E-state index in [9.17, 15) is 4.79 Å². The Kier molecular flexibility index (Phi) is 8.56.